The molecule has 33 heavy (non-hydrogen) atoms. The molecule has 0 amide bonds. The maximum Gasteiger partial charge on any atom is 0.159 e. The predicted molar refractivity (Wildman–Crippen MR) is 133 cm³/mol. The van der Waals surface area contributed by atoms with E-state index >= 15 is 0 Å². The number of fused-ring (bicyclic) bond motifs is 7. The Bertz CT molecular complexity index is 885. The second-order valence-corrected chi connectivity index (χ2v) is 15.1. The van der Waals surface area contributed by atoms with Crippen LogP contribution in [0.2, 0.25) is 0 Å². The van der Waals surface area contributed by atoms with Gasteiger partial charge in [0, 0.05) is 17.9 Å². The summed E-state index contributed by atoms with van der Waals surface area (Å²) in [6, 6.07) is 0. The molecule has 0 aromatic heterocycles. The third kappa shape index (κ3) is 2.90. The van der Waals surface area contributed by atoms with E-state index in [1.54, 1.807) is 0 Å². The molecule has 8 atom stereocenters. The topological polar surface area (TPSA) is 57.5 Å². The fourth-order valence-electron chi connectivity index (χ4n) is 10.5. The van der Waals surface area contributed by atoms with Crippen molar-refractivity contribution in [2.75, 3.05) is 6.61 Å². The molecule has 3 heteroatoms. The number of aliphatic hydroxyl groups excluding tert-OH is 2. The van der Waals surface area contributed by atoms with Crippen molar-refractivity contribution in [3.05, 3.63) is 11.6 Å². The van der Waals surface area contributed by atoms with Crippen LogP contribution in [0.25, 0.3) is 0 Å². The van der Waals surface area contributed by atoms with Crippen molar-refractivity contribution < 1.29 is 15.0 Å². The minimum absolute atomic E-state index is 0.0104. The average molecular weight is 457 g/mol. The van der Waals surface area contributed by atoms with Crippen LogP contribution in [0.15, 0.2) is 11.6 Å². The Hall–Kier alpha value is -0.670. The molecule has 0 spiro atoms. The van der Waals surface area contributed by atoms with Gasteiger partial charge < -0.3 is 10.2 Å². The van der Waals surface area contributed by atoms with Crippen LogP contribution in [0, 0.1) is 50.2 Å². The molecule has 4 saturated carbocycles. The minimum atomic E-state index is -0.273. The van der Waals surface area contributed by atoms with E-state index in [0.29, 0.717) is 17.6 Å². The smallest absolute Gasteiger partial charge is 0.159 e. The van der Waals surface area contributed by atoms with Gasteiger partial charge in [-0.2, -0.15) is 0 Å². The number of hydrogen-bond acceptors (Lipinski definition) is 3. The van der Waals surface area contributed by atoms with Gasteiger partial charge in [-0.25, -0.2) is 0 Å². The molecule has 2 N–H and O–H groups in total. The number of allylic oxidation sites excluding steroid dienone is 2. The van der Waals surface area contributed by atoms with Gasteiger partial charge in [-0.3, -0.25) is 4.79 Å². The van der Waals surface area contributed by atoms with Crippen molar-refractivity contribution in [2.45, 2.75) is 112 Å². The number of carbonyl (C=O) groups is 1. The lowest BCUT2D eigenvalue weighted by Gasteiger charge is -2.70. The molecular weight excluding hydrogens is 408 g/mol. The summed E-state index contributed by atoms with van der Waals surface area (Å²) in [5, 5.41) is 21.5. The van der Waals surface area contributed by atoms with Gasteiger partial charge in [-0.05, 0) is 103 Å². The average Bonchev–Trinajstić information content (AvgIpc) is 2.72. The Labute approximate surface area is 201 Å². The van der Waals surface area contributed by atoms with Crippen molar-refractivity contribution in [3.63, 3.8) is 0 Å². The Morgan fingerprint density at radius 1 is 0.909 bits per heavy atom. The first-order valence-electron chi connectivity index (χ1n) is 13.7. The van der Waals surface area contributed by atoms with E-state index in [0.717, 1.165) is 51.4 Å². The third-order valence-corrected chi connectivity index (χ3v) is 12.8. The SMILES string of the molecule is CC1(C)CCC2(CO)CCC3(C)C(=CC(=O)C4C5(C)CCC(O)C(C)(C)C5CCC43C)C2C1. The first-order valence-corrected chi connectivity index (χ1v) is 13.7. The largest absolute Gasteiger partial charge is 0.396 e. The highest BCUT2D eigenvalue weighted by atomic mass is 16.3. The van der Waals surface area contributed by atoms with Gasteiger partial charge in [0.15, 0.2) is 5.78 Å². The monoisotopic (exact) mass is 456 g/mol. The van der Waals surface area contributed by atoms with Crippen molar-refractivity contribution in [1.29, 1.82) is 0 Å². The summed E-state index contributed by atoms with van der Waals surface area (Å²) >= 11 is 0. The summed E-state index contributed by atoms with van der Waals surface area (Å²) in [5.74, 6) is 1.08. The van der Waals surface area contributed by atoms with E-state index in [1.807, 2.05) is 0 Å². The zero-order valence-corrected chi connectivity index (χ0v) is 22.3. The third-order valence-electron chi connectivity index (χ3n) is 12.8. The first-order chi connectivity index (χ1) is 15.2. The second-order valence-electron chi connectivity index (χ2n) is 15.1. The van der Waals surface area contributed by atoms with E-state index in [9.17, 15) is 15.0 Å². The molecule has 0 bridgehead atoms. The number of carbonyl (C=O) groups excluding carboxylic acids is 1. The zero-order valence-electron chi connectivity index (χ0n) is 22.3. The highest BCUT2D eigenvalue weighted by Crippen LogP contribution is 2.75. The van der Waals surface area contributed by atoms with Gasteiger partial charge in [0.1, 0.15) is 0 Å². The second kappa shape index (κ2) is 6.96. The number of rotatable bonds is 1. The van der Waals surface area contributed by atoms with Crippen LogP contribution in [0.1, 0.15) is 106 Å². The maximum atomic E-state index is 14.2. The lowest BCUT2D eigenvalue weighted by atomic mass is 9.33. The maximum absolute atomic E-state index is 14.2. The van der Waals surface area contributed by atoms with E-state index in [2.05, 4.69) is 54.5 Å². The lowest BCUT2D eigenvalue weighted by Crippen LogP contribution is -2.66. The highest BCUT2D eigenvalue weighted by Gasteiger charge is 2.70. The van der Waals surface area contributed by atoms with Crippen LogP contribution in [0.5, 0.6) is 0 Å². The van der Waals surface area contributed by atoms with Gasteiger partial charge >= 0.3 is 0 Å². The molecule has 4 fully saturated rings. The van der Waals surface area contributed by atoms with Crippen LogP contribution in [0.4, 0.5) is 0 Å². The van der Waals surface area contributed by atoms with Crippen LogP contribution >= 0.6 is 0 Å². The molecule has 5 rings (SSSR count). The van der Waals surface area contributed by atoms with E-state index in [4.69, 9.17) is 0 Å². The fourth-order valence-corrected chi connectivity index (χ4v) is 10.5. The van der Waals surface area contributed by atoms with Crippen molar-refractivity contribution >= 4 is 5.78 Å². The summed E-state index contributed by atoms with van der Waals surface area (Å²) < 4.78 is 0. The number of hydrogen-bond donors (Lipinski definition) is 2. The van der Waals surface area contributed by atoms with E-state index < -0.39 is 0 Å². The molecule has 0 aliphatic heterocycles. The standard InChI is InChI=1S/C30H48O3/c1-25(2)12-14-30(18-31)15-13-28(6)19(20(30)17-25)16-21(32)24-27(5)10-9-23(33)26(3,4)22(27)8-11-29(24,28)7/h16,20,22-24,31,33H,8-15,17-18H2,1-7H3. The molecular formula is C30H48O3. The Morgan fingerprint density at radius 3 is 2.24 bits per heavy atom. The van der Waals surface area contributed by atoms with Crippen molar-refractivity contribution in [2.24, 2.45) is 50.2 Å². The zero-order chi connectivity index (χ0) is 24.2. The summed E-state index contributed by atoms with van der Waals surface area (Å²) in [6.45, 7) is 16.8. The van der Waals surface area contributed by atoms with Crippen LogP contribution in [-0.4, -0.2) is 28.7 Å². The van der Waals surface area contributed by atoms with Crippen molar-refractivity contribution in [1.82, 2.24) is 0 Å². The van der Waals surface area contributed by atoms with Crippen LogP contribution < -0.4 is 0 Å². The Kier molecular flexibility index (Phi) is 5.07. The van der Waals surface area contributed by atoms with Gasteiger partial charge in [0.05, 0.1) is 6.10 Å². The molecule has 0 radical (unpaired) electrons. The molecule has 0 heterocycles. The highest BCUT2D eigenvalue weighted by molar-refractivity contribution is 5.95. The van der Waals surface area contributed by atoms with Gasteiger partial charge in [0.2, 0.25) is 0 Å². The summed E-state index contributed by atoms with van der Waals surface area (Å²) in [7, 11) is 0. The molecule has 5 aliphatic rings. The van der Waals surface area contributed by atoms with E-state index in [1.165, 1.54) is 12.0 Å². The van der Waals surface area contributed by atoms with Gasteiger partial charge in [-0.1, -0.05) is 54.0 Å². The Balaban J connectivity index is 1.63. The molecule has 5 aliphatic carbocycles. The summed E-state index contributed by atoms with van der Waals surface area (Å²) in [6.07, 6.45) is 11.2. The minimum Gasteiger partial charge on any atom is -0.396 e. The number of ketones is 1. The predicted octanol–water partition coefficient (Wildman–Crippen LogP) is 6.32. The van der Waals surface area contributed by atoms with Crippen molar-refractivity contribution in [3.8, 4) is 0 Å². The first kappa shape index (κ1) is 24.0. The van der Waals surface area contributed by atoms with Crippen LogP contribution in [-0.2, 0) is 4.79 Å². The van der Waals surface area contributed by atoms with Gasteiger partial charge in [-0.15, -0.1) is 0 Å². The summed E-state index contributed by atoms with van der Waals surface area (Å²) in [5.41, 5.74) is 1.35. The quantitative estimate of drug-likeness (QED) is 0.485. The molecule has 8 unspecified atom stereocenters. The molecule has 0 aromatic carbocycles. The molecule has 0 saturated heterocycles. The normalized spacial score (nSPS) is 52.6. The molecule has 186 valence electrons. The van der Waals surface area contributed by atoms with E-state index in [-0.39, 0.29) is 51.1 Å². The number of aliphatic hydroxyl groups is 2. The fraction of sp³-hybridized carbons (Fsp3) is 0.900. The lowest BCUT2D eigenvalue weighted by molar-refractivity contribution is -0.203. The van der Waals surface area contributed by atoms with Crippen LogP contribution in [0.3, 0.4) is 0 Å². The van der Waals surface area contributed by atoms with Gasteiger partial charge in [0.25, 0.3) is 0 Å². The Morgan fingerprint density at radius 2 is 1.58 bits per heavy atom. The summed E-state index contributed by atoms with van der Waals surface area (Å²) in [4.78, 5) is 14.2. The molecule has 0 aromatic rings. The molecule has 3 nitrogen and oxygen atoms in total.